The lowest BCUT2D eigenvalue weighted by atomic mass is 9.69. The second-order valence-corrected chi connectivity index (χ2v) is 5.86. The van der Waals surface area contributed by atoms with Gasteiger partial charge in [0.1, 0.15) is 0 Å². The van der Waals surface area contributed by atoms with Crippen LogP contribution in [0.4, 0.5) is 0 Å². The van der Waals surface area contributed by atoms with Gasteiger partial charge in [-0.3, -0.25) is 0 Å². The summed E-state index contributed by atoms with van der Waals surface area (Å²) in [5.41, 5.74) is 9.17. The first-order chi connectivity index (χ1) is 7.62. The van der Waals surface area contributed by atoms with Crippen molar-refractivity contribution < 1.29 is 0 Å². The Morgan fingerprint density at radius 3 is 2.75 bits per heavy atom. The highest BCUT2D eigenvalue weighted by Gasteiger charge is 2.29. The molecule has 0 amide bonds. The lowest BCUT2D eigenvalue weighted by Crippen LogP contribution is -2.22. The summed E-state index contributed by atoms with van der Waals surface area (Å²) >= 11 is 0. The van der Waals surface area contributed by atoms with Gasteiger partial charge in [-0.05, 0) is 41.7 Å². The third-order valence-electron chi connectivity index (χ3n) is 3.92. The van der Waals surface area contributed by atoms with Gasteiger partial charge in [0.25, 0.3) is 0 Å². The van der Waals surface area contributed by atoms with E-state index in [1.165, 1.54) is 36.8 Å². The highest BCUT2D eigenvalue weighted by molar-refractivity contribution is 5.30. The molecule has 2 N–H and O–H groups in total. The van der Waals surface area contributed by atoms with E-state index in [1.807, 2.05) is 0 Å². The minimum atomic E-state index is 0.505. The molecule has 0 radical (unpaired) electrons. The van der Waals surface area contributed by atoms with E-state index in [0.29, 0.717) is 12.0 Å². The largest absolute Gasteiger partial charge is 0.326 e. The molecule has 1 atom stereocenters. The molecule has 88 valence electrons. The molecule has 1 fully saturated rings. The number of hydrogen-bond acceptors (Lipinski definition) is 1. The maximum Gasteiger partial charge on any atom is 0.0180 e. The minimum absolute atomic E-state index is 0.505. The van der Waals surface area contributed by atoms with Crippen LogP contribution in [0.1, 0.15) is 56.6 Å². The van der Waals surface area contributed by atoms with Crippen molar-refractivity contribution in [3.63, 3.8) is 0 Å². The summed E-state index contributed by atoms with van der Waals surface area (Å²) in [6.07, 6.45) is 5.37. The second-order valence-electron chi connectivity index (χ2n) is 5.86. The van der Waals surface area contributed by atoms with Crippen LogP contribution in [0.25, 0.3) is 0 Å². The van der Waals surface area contributed by atoms with E-state index >= 15 is 0 Å². The first kappa shape index (κ1) is 11.7. The molecule has 2 rings (SSSR count). The first-order valence-electron chi connectivity index (χ1n) is 6.40. The maximum absolute atomic E-state index is 5.82. The lowest BCUT2D eigenvalue weighted by Gasteiger charge is -2.36. The van der Waals surface area contributed by atoms with Gasteiger partial charge in [-0.1, -0.05) is 44.5 Å². The molecule has 1 saturated carbocycles. The zero-order chi connectivity index (χ0) is 11.6. The normalized spacial score (nSPS) is 24.3. The van der Waals surface area contributed by atoms with Crippen molar-refractivity contribution in [2.24, 2.45) is 11.1 Å². The Hall–Kier alpha value is -0.820. The fourth-order valence-corrected chi connectivity index (χ4v) is 3.08. The highest BCUT2D eigenvalue weighted by atomic mass is 14.5. The van der Waals surface area contributed by atoms with E-state index in [-0.39, 0.29) is 0 Å². The van der Waals surface area contributed by atoms with Gasteiger partial charge in [-0.2, -0.15) is 0 Å². The van der Waals surface area contributed by atoms with Crippen LogP contribution in [0.3, 0.4) is 0 Å². The molecular weight excluding hydrogens is 194 g/mol. The molecule has 0 heterocycles. The molecule has 0 bridgehead atoms. The Labute approximate surface area is 99.0 Å². The molecule has 1 aliphatic carbocycles. The van der Waals surface area contributed by atoms with Crippen LogP contribution in [-0.4, -0.2) is 0 Å². The van der Waals surface area contributed by atoms with Crippen LogP contribution in [-0.2, 0) is 6.54 Å². The van der Waals surface area contributed by atoms with Crippen molar-refractivity contribution in [1.29, 1.82) is 0 Å². The molecule has 0 aromatic heterocycles. The molecule has 1 unspecified atom stereocenters. The van der Waals surface area contributed by atoms with Crippen LogP contribution < -0.4 is 5.73 Å². The molecule has 1 aromatic carbocycles. The Balaban J connectivity index is 2.23. The summed E-state index contributed by atoms with van der Waals surface area (Å²) < 4.78 is 0. The van der Waals surface area contributed by atoms with Crippen molar-refractivity contribution in [1.82, 2.24) is 0 Å². The molecule has 16 heavy (non-hydrogen) atoms. The van der Waals surface area contributed by atoms with Gasteiger partial charge >= 0.3 is 0 Å². The van der Waals surface area contributed by atoms with E-state index in [2.05, 4.69) is 38.1 Å². The van der Waals surface area contributed by atoms with Crippen LogP contribution in [0.2, 0.25) is 0 Å². The predicted octanol–water partition coefficient (Wildman–Crippen LogP) is 3.83. The average Bonchev–Trinajstić information content (AvgIpc) is 2.27. The van der Waals surface area contributed by atoms with Crippen LogP contribution in [0.15, 0.2) is 24.3 Å². The molecule has 0 saturated heterocycles. The summed E-state index contributed by atoms with van der Waals surface area (Å²) in [5.74, 6) is 0.725. The van der Waals surface area contributed by atoms with Gasteiger partial charge in [0.05, 0.1) is 0 Å². The standard InChI is InChI=1S/C15H23N/c1-15(2)9-5-7-12(10-15)14-8-4-3-6-13(14)11-16/h3-4,6,8,12H,5,7,9-11,16H2,1-2H3. The quantitative estimate of drug-likeness (QED) is 0.800. The Bertz CT molecular complexity index is 354. The van der Waals surface area contributed by atoms with E-state index in [9.17, 15) is 0 Å². The lowest BCUT2D eigenvalue weighted by molar-refractivity contribution is 0.219. The zero-order valence-corrected chi connectivity index (χ0v) is 10.5. The summed E-state index contributed by atoms with van der Waals surface area (Å²) in [7, 11) is 0. The SMILES string of the molecule is CC1(C)CCCC(c2ccccc2CN)C1. The highest BCUT2D eigenvalue weighted by Crippen LogP contribution is 2.43. The molecule has 1 heteroatoms. The molecular formula is C15H23N. The van der Waals surface area contributed by atoms with Gasteiger partial charge in [0.15, 0.2) is 0 Å². The molecule has 1 aromatic rings. The molecule has 1 aliphatic rings. The fraction of sp³-hybridized carbons (Fsp3) is 0.600. The number of hydrogen-bond donors (Lipinski definition) is 1. The van der Waals surface area contributed by atoms with Gasteiger partial charge in [-0.15, -0.1) is 0 Å². The van der Waals surface area contributed by atoms with Crippen molar-refractivity contribution >= 4 is 0 Å². The summed E-state index contributed by atoms with van der Waals surface area (Å²) in [6.45, 7) is 5.46. The Kier molecular flexibility index (Phi) is 3.34. The Morgan fingerprint density at radius 2 is 2.06 bits per heavy atom. The first-order valence-corrected chi connectivity index (χ1v) is 6.40. The molecule has 1 nitrogen and oxygen atoms in total. The van der Waals surface area contributed by atoms with Crippen LogP contribution in [0, 0.1) is 5.41 Å². The molecule has 0 spiro atoms. The number of rotatable bonds is 2. The second kappa shape index (κ2) is 4.58. The smallest absolute Gasteiger partial charge is 0.0180 e. The monoisotopic (exact) mass is 217 g/mol. The van der Waals surface area contributed by atoms with Crippen molar-refractivity contribution in [2.45, 2.75) is 52.0 Å². The molecule has 0 aliphatic heterocycles. The summed E-state index contributed by atoms with van der Waals surface area (Å²) in [6, 6.07) is 8.70. The van der Waals surface area contributed by atoms with E-state index in [0.717, 1.165) is 5.92 Å². The zero-order valence-electron chi connectivity index (χ0n) is 10.5. The predicted molar refractivity (Wildman–Crippen MR) is 69.3 cm³/mol. The topological polar surface area (TPSA) is 26.0 Å². The fourth-order valence-electron chi connectivity index (χ4n) is 3.08. The van der Waals surface area contributed by atoms with E-state index in [4.69, 9.17) is 5.73 Å². The average molecular weight is 217 g/mol. The number of nitrogens with two attached hydrogens (primary N) is 1. The summed E-state index contributed by atoms with van der Waals surface area (Å²) in [4.78, 5) is 0. The summed E-state index contributed by atoms with van der Waals surface area (Å²) in [5, 5.41) is 0. The van der Waals surface area contributed by atoms with Crippen LogP contribution >= 0.6 is 0 Å². The van der Waals surface area contributed by atoms with E-state index < -0.39 is 0 Å². The van der Waals surface area contributed by atoms with Crippen molar-refractivity contribution in [3.8, 4) is 0 Å². The van der Waals surface area contributed by atoms with Gasteiger partial charge in [0, 0.05) is 6.54 Å². The van der Waals surface area contributed by atoms with Gasteiger partial charge in [0.2, 0.25) is 0 Å². The van der Waals surface area contributed by atoms with Crippen molar-refractivity contribution in [3.05, 3.63) is 35.4 Å². The maximum atomic E-state index is 5.82. The number of benzene rings is 1. The third-order valence-corrected chi connectivity index (χ3v) is 3.92. The van der Waals surface area contributed by atoms with Gasteiger partial charge < -0.3 is 5.73 Å². The van der Waals surface area contributed by atoms with Gasteiger partial charge in [-0.25, -0.2) is 0 Å². The Morgan fingerprint density at radius 1 is 1.31 bits per heavy atom. The van der Waals surface area contributed by atoms with Crippen LogP contribution in [0.5, 0.6) is 0 Å². The minimum Gasteiger partial charge on any atom is -0.326 e. The van der Waals surface area contributed by atoms with Crippen molar-refractivity contribution in [2.75, 3.05) is 0 Å². The third kappa shape index (κ3) is 2.46. The van der Waals surface area contributed by atoms with E-state index in [1.54, 1.807) is 0 Å².